The molecule has 0 saturated heterocycles. The number of hydrogen-bond donors (Lipinski definition) is 1. The Morgan fingerprint density at radius 3 is 3.00 bits per heavy atom. The maximum Gasteiger partial charge on any atom is 0.362 e. The lowest BCUT2D eigenvalue weighted by molar-refractivity contribution is 0.0595. The highest BCUT2D eigenvalue weighted by atomic mass is 16.5. The van der Waals surface area contributed by atoms with Crippen molar-refractivity contribution in [2.24, 2.45) is 0 Å². The number of nitrogens with zero attached hydrogens (tertiary/aromatic N) is 4. The third-order valence-electron chi connectivity index (χ3n) is 1.97. The molecule has 0 aromatic carbocycles. The highest BCUT2D eigenvalue weighted by Gasteiger charge is 2.18. The van der Waals surface area contributed by atoms with Crippen molar-refractivity contribution in [1.82, 2.24) is 20.0 Å². The first-order chi connectivity index (χ1) is 7.74. The molecule has 7 heteroatoms. The number of rotatable bonds is 2. The summed E-state index contributed by atoms with van der Waals surface area (Å²) in [5, 5.41) is 7.40. The van der Waals surface area contributed by atoms with Gasteiger partial charge < -0.3 is 10.5 Å². The first-order valence-corrected chi connectivity index (χ1v) is 4.44. The fourth-order valence-corrected chi connectivity index (χ4v) is 1.20. The van der Waals surface area contributed by atoms with Gasteiger partial charge in [-0.2, -0.15) is 4.68 Å². The fourth-order valence-electron chi connectivity index (χ4n) is 1.20. The van der Waals surface area contributed by atoms with E-state index < -0.39 is 5.97 Å². The van der Waals surface area contributed by atoms with E-state index in [1.807, 2.05) is 0 Å². The van der Waals surface area contributed by atoms with Gasteiger partial charge in [0.2, 0.25) is 5.69 Å². The number of nitrogen functional groups attached to an aromatic ring is 1. The monoisotopic (exact) mass is 219 g/mol. The summed E-state index contributed by atoms with van der Waals surface area (Å²) < 4.78 is 5.83. The number of carbonyl (C=O) groups excluding carboxylic acids is 1. The molecule has 0 bridgehead atoms. The number of ether oxygens (including phenoxy) is 1. The van der Waals surface area contributed by atoms with E-state index in [9.17, 15) is 4.79 Å². The molecular weight excluding hydrogens is 210 g/mol. The van der Waals surface area contributed by atoms with Crippen LogP contribution in [0.3, 0.4) is 0 Å². The Labute approximate surface area is 90.8 Å². The molecule has 2 aromatic rings. The van der Waals surface area contributed by atoms with E-state index in [2.05, 4.69) is 20.0 Å². The minimum atomic E-state index is -0.618. The number of aromatic nitrogens is 4. The average Bonchev–Trinajstić information content (AvgIpc) is 2.71. The van der Waals surface area contributed by atoms with Crippen LogP contribution < -0.4 is 5.73 Å². The minimum Gasteiger partial charge on any atom is -0.464 e. The summed E-state index contributed by atoms with van der Waals surface area (Å²) >= 11 is 0. The molecule has 0 spiro atoms. The number of esters is 1. The highest BCUT2D eigenvalue weighted by molar-refractivity contribution is 5.91. The van der Waals surface area contributed by atoms with Gasteiger partial charge in [-0.25, -0.2) is 4.79 Å². The van der Waals surface area contributed by atoms with Gasteiger partial charge in [-0.05, 0) is 12.1 Å². The summed E-state index contributed by atoms with van der Waals surface area (Å²) in [6.45, 7) is 0. The highest BCUT2D eigenvalue weighted by Crippen LogP contribution is 2.14. The normalized spacial score (nSPS) is 10.1. The maximum atomic E-state index is 11.2. The van der Waals surface area contributed by atoms with Crippen LogP contribution in [0, 0.1) is 0 Å². The average molecular weight is 219 g/mol. The van der Waals surface area contributed by atoms with Gasteiger partial charge in [0.15, 0.2) is 5.82 Å². The van der Waals surface area contributed by atoms with Gasteiger partial charge in [0.1, 0.15) is 0 Å². The number of methoxy groups -OCH3 is 1. The number of pyridine rings is 1. The van der Waals surface area contributed by atoms with Crippen LogP contribution in [0.25, 0.3) is 5.69 Å². The first kappa shape index (κ1) is 10.1. The smallest absolute Gasteiger partial charge is 0.362 e. The lowest BCUT2D eigenvalue weighted by atomic mass is 10.4. The van der Waals surface area contributed by atoms with E-state index in [1.165, 1.54) is 11.8 Å². The molecule has 2 N–H and O–H groups in total. The van der Waals surface area contributed by atoms with E-state index in [0.29, 0.717) is 5.69 Å². The molecule has 0 aliphatic carbocycles. The van der Waals surface area contributed by atoms with E-state index in [-0.39, 0.29) is 11.5 Å². The summed E-state index contributed by atoms with van der Waals surface area (Å²) in [6.07, 6.45) is 3.18. The van der Waals surface area contributed by atoms with Crippen molar-refractivity contribution in [2.75, 3.05) is 12.8 Å². The predicted octanol–water partition coefficient (Wildman–Crippen LogP) is 0.0311. The lowest BCUT2D eigenvalue weighted by Crippen LogP contribution is -2.07. The fraction of sp³-hybridized carbons (Fsp3) is 0.111. The number of nitrogens with two attached hydrogens (primary N) is 1. The van der Waals surface area contributed by atoms with Crippen LogP contribution in [-0.2, 0) is 4.74 Å². The van der Waals surface area contributed by atoms with Crippen molar-refractivity contribution in [3.8, 4) is 5.69 Å². The van der Waals surface area contributed by atoms with Gasteiger partial charge in [0, 0.05) is 6.20 Å². The van der Waals surface area contributed by atoms with Crippen LogP contribution in [0.1, 0.15) is 10.5 Å². The summed E-state index contributed by atoms with van der Waals surface area (Å²) in [7, 11) is 1.25. The number of hydrogen-bond acceptors (Lipinski definition) is 6. The summed E-state index contributed by atoms with van der Waals surface area (Å²) in [5.41, 5.74) is 6.34. The van der Waals surface area contributed by atoms with Crippen LogP contribution in [0.2, 0.25) is 0 Å². The molecule has 2 heterocycles. The first-order valence-electron chi connectivity index (χ1n) is 4.44. The van der Waals surface area contributed by atoms with Crippen LogP contribution in [0.15, 0.2) is 24.5 Å². The predicted molar refractivity (Wildman–Crippen MR) is 54.9 cm³/mol. The number of anilines is 1. The van der Waals surface area contributed by atoms with Crippen molar-refractivity contribution in [3.63, 3.8) is 0 Å². The molecule has 0 atom stereocenters. The van der Waals surface area contributed by atoms with Gasteiger partial charge in [-0.3, -0.25) is 4.98 Å². The molecule has 16 heavy (non-hydrogen) atoms. The zero-order valence-electron chi connectivity index (χ0n) is 8.49. The van der Waals surface area contributed by atoms with Crippen molar-refractivity contribution in [3.05, 3.63) is 30.2 Å². The molecular formula is C9H9N5O2. The van der Waals surface area contributed by atoms with Gasteiger partial charge >= 0.3 is 5.97 Å². The van der Waals surface area contributed by atoms with Gasteiger partial charge in [-0.15, -0.1) is 5.10 Å². The molecule has 2 rings (SSSR count). The molecule has 0 radical (unpaired) electrons. The second kappa shape index (κ2) is 3.97. The third kappa shape index (κ3) is 1.58. The topological polar surface area (TPSA) is 95.9 Å². The Morgan fingerprint density at radius 1 is 1.56 bits per heavy atom. The molecule has 0 fully saturated rings. The van der Waals surface area contributed by atoms with Gasteiger partial charge in [0.05, 0.1) is 19.0 Å². The van der Waals surface area contributed by atoms with Crippen molar-refractivity contribution in [1.29, 1.82) is 0 Å². The Morgan fingerprint density at radius 2 is 2.38 bits per heavy atom. The number of carbonyl (C=O) groups is 1. The standard InChI is InChI=1S/C9H9N5O2/c1-16-9(15)7-8(10)14(13-12-7)6-3-2-4-11-5-6/h2-5H,10H2,1H3. The Balaban J connectivity index is 2.45. The van der Waals surface area contributed by atoms with E-state index >= 15 is 0 Å². The Hall–Kier alpha value is -2.44. The van der Waals surface area contributed by atoms with Crippen LogP contribution in [0.4, 0.5) is 5.82 Å². The second-order valence-corrected chi connectivity index (χ2v) is 2.94. The molecule has 0 aliphatic rings. The van der Waals surface area contributed by atoms with Crippen LogP contribution in [0.5, 0.6) is 0 Å². The van der Waals surface area contributed by atoms with Crippen molar-refractivity contribution < 1.29 is 9.53 Å². The van der Waals surface area contributed by atoms with Crippen molar-refractivity contribution >= 4 is 11.8 Å². The molecule has 0 amide bonds. The summed E-state index contributed by atoms with van der Waals surface area (Å²) in [5.74, 6) is -0.493. The maximum absolute atomic E-state index is 11.2. The van der Waals surface area contributed by atoms with E-state index in [1.54, 1.807) is 24.5 Å². The zero-order chi connectivity index (χ0) is 11.5. The zero-order valence-corrected chi connectivity index (χ0v) is 8.49. The quantitative estimate of drug-likeness (QED) is 0.716. The molecule has 7 nitrogen and oxygen atoms in total. The minimum absolute atomic E-state index is 0.00801. The Kier molecular flexibility index (Phi) is 2.50. The van der Waals surface area contributed by atoms with Crippen LogP contribution >= 0.6 is 0 Å². The Bertz CT molecular complexity index is 508. The summed E-state index contributed by atoms with van der Waals surface area (Å²) in [6, 6.07) is 3.48. The molecule has 2 aromatic heterocycles. The van der Waals surface area contributed by atoms with Crippen molar-refractivity contribution in [2.45, 2.75) is 0 Å². The summed E-state index contributed by atoms with van der Waals surface area (Å²) in [4.78, 5) is 15.2. The van der Waals surface area contributed by atoms with E-state index in [4.69, 9.17) is 5.73 Å². The molecule has 82 valence electrons. The SMILES string of the molecule is COC(=O)c1nnn(-c2cccnc2)c1N. The van der Waals surface area contributed by atoms with E-state index in [0.717, 1.165) is 0 Å². The lowest BCUT2D eigenvalue weighted by Gasteiger charge is -2.01. The second-order valence-electron chi connectivity index (χ2n) is 2.94. The molecule has 0 saturated carbocycles. The van der Waals surface area contributed by atoms with Crippen LogP contribution in [-0.4, -0.2) is 33.1 Å². The molecule has 0 aliphatic heterocycles. The largest absolute Gasteiger partial charge is 0.464 e. The molecule has 0 unspecified atom stereocenters. The third-order valence-corrected chi connectivity index (χ3v) is 1.97. The van der Waals surface area contributed by atoms with Gasteiger partial charge in [0.25, 0.3) is 0 Å². The van der Waals surface area contributed by atoms with Gasteiger partial charge in [-0.1, -0.05) is 5.21 Å².